The van der Waals surface area contributed by atoms with Crippen LogP contribution in [0.15, 0.2) is 48.9 Å². The minimum Gasteiger partial charge on any atom is -0.478 e. The van der Waals surface area contributed by atoms with Crippen molar-refractivity contribution in [2.75, 3.05) is 0 Å². The molecule has 1 fully saturated rings. The molecule has 0 bridgehead atoms. The van der Waals surface area contributed by atoms with E-state index in [1.807, 2.05) is 12.5 Å². The minimum absolute atomic E-state index is 0.343. The molecule has 0 radical (unpaired) electrons. The Morgan fingerprint density at radius 3 is 2.42 bits per heavy atom. The van der Waals surface area contributed by atoms with Crippen LogP contribution in [-0.2, 0) is 15.0 Å². The fraction of sp³-hybridized carbons (Fsp3) is 0.350. The number of hydrogen-bond donors (Lipinski definition) is 3. The van der Waals surface area contributed by atoms with Crippen LogP contribution < -0.4 is 0 Å². The summed E-state index contributed by atoms with van der Waals surface area (Å²) in [6.07, 6.45) is 8.82. The maximum absolute atomic E-state index is 9.55. The van der Waals surface area contributed by atoms with Crippen LogP contribution in [-0.4, -0.2) is 32.1 Å². The molecule has 136 valence electrons. The molecule has 1 aromatic heterocycles. The Balaban J connectivity index is 0.000000211. The van der Waals surface area contributed by atoms with Gasteiger partial charge in [0.05, 0.1) is 6.33 Å². The van der Waals surface area contributed by atoms with Crippen molar-refractivity contribution in [3.63, 3.8) is 0 Å². The van der Waals surface area contributed by atoms with Gasteiger partial charge in [-0.05, 0) is 35.8 Å². The van der Waals surface area contributed by atoms with E-state index in [0.29, 0.717) is 23.5 Å². The number of nitrogens with one attached hydrogen (secondary N) is 1. The Kier molecular flexibility index (Phi) is 4.93. The number of benzene rings is 1. The van der Waals surface area contributed by atoms with Crippen LogP contribution in [0.25, 0.3) is 0 Å². The number of carboxylic acid groups (broad SMARTS) is 2. The van der Waals surface area contributed by atoms with Crippen LogP contribution in [0.3, 0.4) is 0 Å². The molecular formula is C20H22N2O4. The maximum atomic E-state index is 9.55. The van der Waals surface area contributed by atoms with Gasteiger partial charge in [0.15, 0.2) is 0 Å². The van der Waals surface area contributed by atoms with Gasteiger partial charge in [0.2, 0.25) is 0 Å². The number of H-pyrrole nitrogens is 1. The zero-order valence-electron chi connectivity index (χ0n) is 14.6. The van der Waals surface area contributed by atoms with Crippen molar-refractivity contribution in [3.05, 3.63) is 65.8 Å². The summed E-state index contributed by atoms with van der Waals surface area (Å²) in [6, 6.07) is 9.03. The Morgan fingerprint density at radius 2 is 1.88 bits per heavy atom. The predicted molar refractivity (Wildman–Crippen MR) is 96.1 cm³/mol. The first-order valence-electron chi connectivity index (χ1n) is 8.72. The maximum Gasteiger partial charge on any atom is 0.328 e. The summed E-state index contributed by atoms with van der Waals surface area (Å²) in [5, 5.41) is 15.6. The van der Waals surface area contributed by atoms with E-state index in [1.165, 1.54) is 25.0 Å². The lowest BCUT2D eigenvalue weighted by molar-refractivity contribution is -0.134. The van der Waals surface area contributed by atoms with Crippen molar-refractivity contribution in [3.8, 4) is 0 Å². The zero-order chi connectivity index (χ0) is 18.7. The molecule has 6 nitrogen and oxygen atoms in total. The quantitative estimate of drug-likeness (QED) is 0.714. The van der Waals surface area contributed by atoms with E-state index in [2.05, 4.69) is 41.2 Å². The number of fused-ring (bicyclic) bond motifs is 3. The van der Waals surface area contributed by atoms with Crippen molar-refractivity contribution in [1.29, 1.82) is 0 Å². The van der Waals surface area contributed by atoms with Gasteiger partial charge in [0.1, 0.15) is 0 Å². The van der Waals surface area contributed by atoms with Gasteiger partial charge in [-0.15, -0.1) is 0 Å². The molecule has 3 N–H and O–H groups in total. The number of aliphatic carboxylic acids is 2. The summed E-state index contributed by atoms with van der Waals surface area (Å²) in [4.78, 5) is 26.7. The van der Waals surface area contributed by atoms with Crippen molar-refractivity contribution in [2.24, 2.45) is 0 Å². The number of hydrogen-bond acceptors (Lipinski definition) is 3. The molecule has 0 saturated heterocycles. The van der Waals surface area contributed by atoms with Crippen molar-refractivity contribution < 1.29 is 19.8 Å². The molecule has 0 aliphatic heterocycles. The normalized spacial score (nSPS) is 25.1. The third-order valence-corrected chi connectivity index (χ3v) is 5.32. The summed E-state index contributed by atoms with van der Waals surface area (Å²) < 4.78 is 0. The highest BCUT2D eigenvalue weighted by Gasteiger charge is 2.66. The van der Waals surface area contributed by atoms with Gasteiger partial charge in [0.25, 0.3) is 0 Å². The fourth-order valence-electron chi connectivity index (χ4n) is 4.31. The smallest absolute Gasteiger partial charge is 0.328 e. The number of aromatic nitrogens is 2. The van der Waals surface area contributed by atoms with Crippen LogP contribution in [0.4, 0.5) is 0 Å². The van der Waals surface area contributed by atoms with E-state index in [9.17, 15) is 9.59 Å². The molecule has 2 aliphatic carbocycles. The molecule has 1 heterocycles. The third-order valence-electron chi connectivity index (χ3n) is 5.32. The number of rotatable bonds is 5. The van der Waals surface area contributed by atoms with E-state index in [-0.39, 0.29) is 0 Å². The van der Waals surface area contributed by atoms with Gasteiger partial charge >= 0.3 is 11.9 Å². The van der Waals surface area contributed by atoms with Gasteiger partial charge in [-0.2, -0.15) is 0 Å². The SMILES string of the molecule is CCC[C@H]1c2ccccc2[C@H]2C[C@]21c1cnc[nH]1.O=C(O)/C=C\C(=O)O. The van der Waals surface area contributed by atoms with Crippen molar-refractivity contribution >= 4 is 11.9 Å². The van der Waals surface area contributed by atoms with Gasteiger partial charge in [0, 0.05) is 29.5 Å². The average molecular weight is 354 g/mol. The molecule has 26 heavy (non-hydrogen) atoms. The fourth-order valence-corrected chi connectivity index (χ4v) is 4.31. The summed E-state index contributed by atoms with van der Waals surface area (Å²) in [5.74, 6) is -1.10. The first kappa shape index (κ1) is 17.9. The second kappa shape index (κ2) is 7.15. The molecule has 0 spiro atoms. The van der Waals surface area contributed by atoms with Gasteiger partial charge in [-0.1, -0.05) is 37.6 Å². The number of carbonyl (C=O) groups is 2. The van der Waals surface area contributed by atoms with Crippen LogP contribution in [0.5, 0.6) is 0 Å². The standard InChI is InChI=1S/C16H18N2.C4H4O4/c1-2-5-13-11-6-3-4-7-12(11)14-8-16(13,14)15-9-17-10-18-15;5-3(6)1-2-4(7)8/h3-4,6-7,9-10,13-14H,2,5,8H2,1H3,(H,17,18);1-2H,(H,5,6)(H,7,8)/b;2-1-/t13-,14+,16+;/m0./s1. The summed E-state index contributed by atoms with van der Waals surface area (Å²) in [5.41, 5.74) is 4.87. The lowest BCUT2D eigenvalue weighted by atomic mass is 9.81. The van der Waals surface area contributed by atoms with Crippen molar-refractivity contribution in [2.45, 2.75) is 43.4 Å². The van der Waals surface area contributed by atoms with Crippen molar-refractivity contribution in [1.82, 2.24) is 9.97 Å². The molecule has 2 aliphatic rings. The van der Waals surface area contributed by atoms with E-state index < -0.39 is 11.9 Å². The first-order valence-corrected chi connectivity index (χ1v) is 8.72. The minimum atomic E-state index is -1.26. The highest BCUT2D eigenvalue weighted by atomic mass is 16.4. The number of imidazole rings is 1. The second-order valence-corrected chi connectivity index (χ2v) is 6.74. The molecule has 0 unspecified atom stereocenters. The van der Waals surface area contributed by atoms with E-state index in [0.717, 1.165) is 5.92 Å². The number of nitrogens with zero attached hydrogens (tertiary/aromatic N) is 1. The molecule has 4 rings (SSSR count). The number of aromatic amines is 1. The molecule has 1 saturated carbocycles. The zero-order valence-corrected chi connectivity index (χ0v) is 14.6. The van der Waals surface area contributed by atoms with Crippen LogP contribution in [0.2, 0.25) is 0 Å². The summed E-state index contributed by atoms with van der Waals surface area (Å²) in [7, 11) is 0. The largest absolute Gasteiger partial charge is 0.478 e. The van der Waals surface area contributed by atoms with E-state index >= 15 is 0 Å². The molecule has 2 aromatic rings. The number of carboxylic acids is 2. The lowest BCUT2D eigenvalue weighted by Crippen LogP contribution is -2.16. The molecule has 1 aromatic carbocycles. The highest BCUT2D eigenvalue weighted by Crippen LogP contribution is 2.73. The summed E-state index contributed by atoms with van der Waals surface area (Å²) >= 11 is 0. The monoisotopic (exact) mass is 354 g/mol. The molecular weight excluding hydrogens is 332 g/mol. The van der Waals surface area contributed by atoms with Gasteiger partial charge in [-0.25, -0.2) is 14.6 Å². The summed E-state index contributed by atoms with van der Waals surface area (Å²) in [6.45, 7) is 2.29. The highest BCUT2D eigenvalue weighted by molar-refractivity contribution is 5.89. The van der Waals surface area contributed by atoms with Gasteiger partial charge < -0.3 is 15.2 Å². The van der Waals surface area contributed by atoms with Crippen LogP contribution in [0.1, 0.15) is 54.8 Å². The lowest BCUT2D eigenvalue weighted by Gasteiger charge is -2.23. The van der Waals surface area contributed by atoms with Crippen LogP contribution >= 0.6 is 0 Å². The Bertz CT molecular complexity index is 812. The average Bonchev–Trinajstić information content (AvgIpc) is 3.00. The Labute approximate surface area is 151 Å². The molecule has 0 amide bonds. The molecule has 6 heteroatoms. The van der Waals surface area contributed by atoms with E-state index in [4.69, 9.17) is 10.2 Å². The Hall–Kier alpha value is -2.89. The second-order valence-electron chi connectivity index (χ2n) is 6.74. The first-order chi connectivity index (χ1) is 12.5. The predicted octanol–water partition coefficient (Wildman–Crippen LogP) is 3.44. The van der Waals surface area contributed by atoms with Gasteiger partial charge in [-0.3, -0.25) is 0 Å². The van der Waals surface area contributed by atoms with E-state index in [1.54, 1.807) is 11.1 Å². The Morgan fingerprint density at radius 1 is 1.23 bits per heavy atom. The topological polar surface area (TPSA) is 103 Å². The molecule has 3 atom stereocenters. The third kappa shape index (κ3) is 3.14. The van der Waals surface area contributed by atoms with Crippen LogP contribution in [0, 0.1) is 0 Å².